The van der Waals surface area contributed by atoms with Crippen molar-refractivity contribution in [2.75, 3.05) is 0 Å². The first-order valence-electron chi connectivity index (χ1n) is 10.7. The number of carbonyl (C=O) groups excluding carboxylic acids is 4. The van der Waals surface area contributed by atoms with Crippen molar-refractivity contribution in [3.63, 3.8) is 0 Å². The van der Waals surface area contributed by atoms with Crippen molar-refractivity contribution in [3.8, 4) is 0 Å². The molecule has 1 aromatic rings. The molecule has 0 saturated heterocycles. The van der Waals surface area contributed by atoms with Crippen LogP contribution in [0.4, 0.5) is 0 Å². The summed E-state index contributed by atoms with van der Waals surface area (Å²) in [6.45, 7) is 4.34. The van der Waals surface area contributed by atoms with Crippen molar-refractivity contribution in [2.45, 2.75) is 65.5 Å². The molecule has 0 saturated carbocycles. The SMILES string of the molecule is CCCCC1=CC(=O)N(Cc2ccccc2CN2C(=O)C=C(CCCC)C2=O)C1=O. The van der Waals surface area contributed by atoms with E-state index in [0.717, 1.165) is 36.8 Å². The monoisotopic (exact) mass is 408 g/mol. The van der Waals surface area contributed by atoms with Gasteiger partial charge < -0.3 is 0 Å². The van der Waals surface area contributed by atoms with Crippen LogP contribution < -0.4 is 0 Å². The van der Waals surface area contributed by atoms with E-state index in [2.05, 4.69) is 0 Å². The molecule has 0 unspecified atom stereocenters. The van der Waals surface area contributed by atoms with Crippen LogP contribution in [0.5, 0.6) is 0 Å². The molecular weight excluding hydrogens is 380 g/mol. The first kappa shape index (κ1) is 21.7. The molecule has 30 heavy (non-hydrogen) atoms. The Kier molecular flexibility index (Phi) is 6.98. The van der Waals surface area contributed by atoms with E-state index in [1.165, 1.54) is 22.0 Å². The minimum atomic E-state index is -0.308. The summed E-state index contributed by atoms with van der Waals surface area (Å²) >= 11 is 0. The predicted octanol–water partition coefficient (Wildman–Crippen LogP) is 3.66. The fraction of sp³-hybridized carbons (Fsp3) is 0.417. The highest BCUT2D eigenvalue weighted by molar-refractivity contribution is 6.16. The van der Waals surface area contributed by atoms with Crippen LogP contribution in [0, 0.1) is 0 Å². The van der Waals surface area contributed by atoms with Crippen LogP contribution in [0.1, 0.15) is 63.5 Å². The summed E-state index contributed by atoms with van der Waals surface area (Å²) in [5.74, 6) is -1.12. The molecule has 4 amide bonds. The zero-order valence-corrected chi connectivity index (χ0v) is 17.6. The molecule has 6 nitrogen and oxygen atoms in total. The number of amides is 4. The maximum Gasteiger partial charge on any atom is 0.257 e. The molecule has 3 rings (SSSR count). The second kappa shape index (κ2) is 9.65. The summed E-state index contributed by atoms with van der Waals surface area (Å²) < 4.78 is 0. The quantitative estimate of drug-likeness (QED) is 0.554. The normalized spacial score (nSPS) is 16.6. The van der Waals surface area contributed by atoms with Crippen LogP contribution in [0.25, 0.3) is 0 Å². The smallest absolute Gasteiger partial charge is 0.257 e. The highest BCUT2D eigenvalue weighted by Crippen LogP contribution is 2.25. The molecule has 0 bridgehead atoms. The Morgan fingerprint density at radius 1 is 0.667 bits per heavy atom. The fourth-order valence-corrected chi connectivity index (χ4v) is 3.72. The van der Waals surface area contributed by atoms with E-state index >= 15 is 0 Å². The molecular formula is C24H28N2O4. The van der Waals surface area contributed by atoms with Gasteiger partial charge >= 0.3 is 0 Å². The Labute approximate surface area is 177 Å². The first-order chi connectivity index (χ1) is 14.5. The Morgan fingerprint density at radius 3 is 1.43 bits per heavy atom. The molecule has 0 spiro atoms. The highest BCUT2D eigenvalue weighted by Gasteiger charge is 2.33. The van der Waals surface area contributed by atoms with E-state index in [1.54, 1.807) is 0 Å². The molecule has 6 heteroatoms. The van der Waals surface area contributed by atoms with Crippen molar-refractivity contribution in [2.24, 2.45) is 0 Å². The van der Waals surface area contributed by atoms with Crippen LogP contribution >= 0.6 is 0 Å². The van der Waals surface area contributed by atoms with E-state index in [0.29, 0.717) is 24.0 Å². The summed E-state index contributed by atoms with van der Waals surface area (Å²) in [4.78, 5) is 52.5. The van der Waals surface area contributed by atoms with Gasteiger partial charge in [-0.15, -0.1) is 0 Å². The summed E-state index contributed by atoms with van der Waals surface area (Å²) in [5, 5.41) is 0. The van der Waals surface area contributed by atoms with Gasteiger partial charge in [0.15, 0.2) is 0 Å². The lowest BCUT2D eigenvalue weighted by atomic mass is 10.1. The molecule has 2 aliphatic heterocycles. The number of nitrogens with zero attached hydrogens (tertiary/aromatic N) is 2. The third kappa shape index (κ3) is 4.58. The summed E-state index contributed by atoms with van der Waals surface area (Å²) in [6.07, 6.45) is 7.69. The van der Waals surface area contributed by atoms with Gasteiger partial charge in [0.2, 0.25) is 0 Å². The number of unbranched alkanes of at least 4 members (excludes halogenated alkanes) is 2. The number of carbonyl (C=O) groups is 4. The largest absolute Gasteiger partial charge is 0.271 e. The molecule has 0 radical (unpaired) electrons. The zero-order valence-electron chi connectivity index (χ0n) is 17.6. The van der Waals surface area contributed by atoms with Gasteiger partial charge in [0.25, 0.3) is 23.6 Å². The Hall–Kier alpha value is -3.02. The molecule has 0 atom stereocenters. The molecule has 158 valence electrons. The van der Waals surface area contributed by atoms with Crippen LogP contribution in [0.2, 0.25) is 0 Å². The van der Waals surface area contributed by atoms with Gasteiger partial charge in [-0.2, -0.15) is 0 Å². The van der Waals surface area contributed by atoms with E-state index in [1.807, 2.05) is 38.1 Å². The van der Waals surface area contributed by atoms with Crippen molar-refractivity contribution in [1.29, 1.82) is 0 Å². The van der Waals surface area contributed by atoms with E-state index in [4.69, 9.17) is 0 Å². The zero-order chi connectivity index (χ0) is 21.7. The third-order valence-corrected chi connectivity index (χ3v) is 5.54. The van der Waals surface area contributed by atoms with Crippen LogP contribution in [0.3, 0.4) is 0 Å². The number of benzene rings is 1. The van der Waals surface area contributed by atoms with Crippen molar-refractivity contribution >= 4 is 23.6 Å². The van der Waals surface area contributed by atoms with Gasteiger partial charge in [-0.05, 0) is 36.8 Å². The van der Waals surface area contributed by atoms with Gasteiger partial charge in [0, 0.05) is 23.3 Å². The third-order valence-electron chi connectivity index (χ3n) is 5.54. The van der Waals surface area contributed by atoms with Crippen molar-refractivity contribution < 1.29 is 19.2 Å². The van der Waals surface area contributed by atoms with E-state index < -0.39 is 0 Å². The maximum absolute atomic E-state index is 12.6. The molecule has 0 aromatic heterocycles. The van der Waals surface area contributed by atoms with Crippen molar-refractivity contribution in [3.05, 3.63) is 58.7 Å². The van der Waals surface area contributed by atoms with E-state index in [-0.39, 0.29) is 36.7 Å². The lowest BCUT2D eigenvalue weighted by Crippen LogP contribution is -2.33. The van der Waals surface area contributed by atoms with Crippen molar-refractivity contribution in [1.82, 2.24) is 9.80 Å². The second-order valence-electron chi connectivity index (χ2n) is 7.77. The Bertz CT molecular complexity index is 854. The molecule has 2 heterocycles. The average Bonchev–Trinajstić information content (AvgIpc) is 3.16. The summed E-state index contributed by atoms with van der Waals surface area (Å²) in [5.41, 5.74) is 2.61. The molecule has 0 aliphatic carbocycles. The van der Waals surface area contributed by atoms with Gasteiger partial charge in [-0.1, -0.05) is 51.0 Å². The molecule has 2 aliphatic rings. The number of hydrogen-bond acceptors (Lipinski definition) is 4. The standard InChI is InChI=1S/C24H28N2O4/c1-3-5-9-17-13-21(27)25(23(17)29)15-19-11-7-8-12-20(19)16-26-22(28)14-18(24(26)30)10-6-4-2/h7-8,11-14H,3-6,9-10,15-16H2,1-2H3. The van der Waals surface area contributed by atoms with Gasteiger partial charge in [-0.25, -0.2) is 0 Å². The Balaban J connectivity index is 1.72. The lowest BCUT2D eigenvalue weighted by Gasteiger charge is -2.20. The molecule has 0 fully saturated rings. The number of hydrogen-bond donors (Lipinski definition) is 0. The van der Waals surface area contributed by atoms with Gasteiger partial charge in [0.05, 0.1) is 13.1 Å². The Morgan fingerprint density at radius 2 is 1.07 bits per heavy atom. The minimum Gasteiger partial charge on any atom is -0.271 e. The summed E-state index contributed by atoms with van der Waals surface area (Å²) in [7, 11) is 0. The van der Waals surface area contributed by atoms with Gasteiger partial charge in [0.1, 0.15) is 0 Å². The average molecular weight is 408 g/mol. The number of imide groups is 2. The first-order valence-corrected chi connectivity index (χ1v) is 10.7. The predicted molar refractivity (Wildman–Crippen MR) is 113 cm³/mol. The topological polar surface area (TPSA) is 74.8 Å². The second-order valence-corrected chi connectivity index (χ2v) is 7.77. The van der Waals surface area contributed by atoms with Crippen LogP contribution in [-0.4, -0.2) is 33.4 Å². The molecule has 1 aromatic carbocycles. The van der Waals surface area contributed by atoms with E-state index in [9.17, 15) is 19.2 Å². The summed E-state index contributed by atoms with van der Waals surface area (Å²) in [6, 6.07) is 7.31. The lowest BCUT2D eigenvalue weighted by molar-refractivity contribution is -0.139. The van der Waals surface area contributed by atoms with Crippen LogP contribution in [0.15, 0.2) is 47.6 Å². The minimum absolute atomic E-state index is 0.131. The van der Waals surface area contributed by atoms with Crippen LogP contribution in [-0.2, 0) is 32.3 Å². The fourth-order valence-electron chi connectivity index (χ4n) is 3.72. The number of rotatable bonds is 10. The highest BCUT2D eigenvalue weighted by atomic mass is 16.2. The maximum atomic E-state index is 12.6. The van der Waals surface area contributed by atoms with Gasteiger partial charge in [-0.3, -0.25) is 29.0 Å². The molecule has 0 N–H and O–H groups in total.